The zero-order valence-electron chi connectivity index (χ0n) is 12.6. The van der Waals surface area contributed by atoms with Crippen molar-refractivity contribution in [3.8, 4) is 5.75 Å². The van der Waals surface area contributed by atoms with Crippen LogP contribution in [0.15, 0.2) is 24.3 Å². The number of esters is 1. The van der Waals surface area contributed by atoms with Crippen molar-refractivity contribution in [3.63, 3.8) is 0 Å². The summed E-state index contributed by atoms with van der Waals surface area (Å²) in [5.41, 5.74) is 0. The van der Waals surface area contributed by atoms with Crippen molar-refractivity contribution in [3.05, 3.63) is 30.1 Å². The van der Waals surface area contributed by atoms with Gasteiger partial charge >= 0.3 is 5.97 Å². The van der Waals surface area contributed by atoms with Gasteiger partial charge in [0.05, 0.1) is 26.1 Å². The van der Waals surface area contributed by atoms with E-state index < -0.39 is 0 Å². The fourth-order valence-electron chi connectivity index (χ4n) is 2.48. The van der Waals surface area contributed by atoms with Crippen molar-refractivity contribution in [1.29, 1.82) is 0 Å². The van der Waals surface area contributed by atoms with Crippen molar-refractivity contribution in [1.82, 2.24) is 4.90 Å². The first-order valence-corrected chi connectivity index (χ1v) is 7.34. The molecule has 0 radical (unpaired) electrons. The molecular formula is C16H20FNO4. The van der Waals surface area contributed by atoms with E-state index in [2.05, 4.69) is 0 Å². The van der Waals surface area contributed by atoms with Crippen LogP contribution in [0.3, 0.4) is 0 Å². The number of likely N-dealkylation sites (tertiary alicyclic amines) is 1. The summed E-state index contributed by atoms with van der Waals surface area (Å²) >= 11 is 0. The van der Waals surface area contributed by atoms with Gasteiger partial charge in [0.1, 0.15) is 11.6 Å². The molecule has 1 aromatic rings. The van der Waals surface area contributed by atoms with E-state index in [1.54, 1.807) is 4.90 Å². The molecule has 5 nitrogen and oxygen atoms in total. The molecule has 0 aliphatic carbocycles. The topological polar surface area (TPSA) is 55.8 Å². The number of ether oxygens (including phenoxy) is 2. The van der Waals surface area contributed by atoms with Crippen LogP contribution in [0.4, 0.5) is 4.39 Å². The van der Waals surface area contributed by atoms with Crippen LogP contribution in [-0.4, -0.2) is 43.6 Å². The Kier molecular flexibility index (Phi) is 5.75. The van der Waals surface area contributed by atoms with Gasteiger partial charge in [0.25, 0.3) is 0 Å². The van der Waals surface area contributed by atoms with E-state index in [0.29, 0.717) is 31.7 Å². The number of benzene rings is 1. The smallest absolute Gasteiger partial charge is 0.308 e. The third kappa shape index (κ3) is 4.44. The number of rotatable bonds is 5. The largest absolute Gasteiger partial charge is 0.493 e. The molecule has 1 aliphatic rings. The predicted molar refractivity (Wildman–Crippen MR) is 77.8 cm³/mol. The summed E-state index contributed by atoms with van der Waals surface area (Å²) < 4.78 is 22.9. The van der Waals surface area contributed by atoms with Crippen LogP contribution in [0.25, 0.3) is 0 Å². The molecule has 0 N–H and O–H groups in total. The minimum absolute atomic E-state index is 0.00503. The first-order valence-electron chi connectivity index (χ1n) is 7.34. The summed E-state index contributed by atoms with van der Waals surface area (Å²) in [5.74, 6) is -0.0859. The fraction of sp³-hybridized carbons (Fsp3) is 0.500. The molecule has 0 bridgehead atoms. The lowest BCUT2D eigenvalue weighted by atomic mass is 9.97. The first kappa shape index (κ1) is 16.3. The van der Waals surface area contributed by atoms with Gasteiger partial charge in [-0.3, -0.25) is 9.59 Å². The lowest BCUT2D eigenvalue weighted by molar-refractivity contribution is -0.149. The lowest BCUT2D eigenvalue weighted by Gasteiger charge is -2.30. The molecule has 1 heterocycles. The maximum atomic E-state index is 12.7. The van der Waals surface area contributed by atoms with Crippen LogP contribution in [-0.2, 0) is 14.3 Å². The molecule has 1 fully saturated rings. The highest BCUT2D eigenvalue weighted by Crippen LogP contribution is 2.19. The molecule has 0 atom stereocenters. The van der Waals surface area contributed by atoms with Crippen molar-refractivity contribution in [2.24, 2.45) is 5.92 Å². The molecule has 0 unspecified atom stereocenters. The van der Waals surface area contributed by atoms with Crippen molar-refractivity contribution < 1.29 is 23.5 Å². The molecule has 0 aromatic heterocycles. The van der Waals surface area contributed by atoms with Gasteiger partial charge in [0.15, 0.2) is 0 Å². The van der Waals surface area contributed by atoms with Gasteiger partial charge in [0.2, 0.25) is 5.91 Å². The van der Waals surface area contributed by atoms with E-state index in [1.165, 1.54) is 31.4 Å². The number of hydrogen-bond acceptors (Lipinski definition) is 4. The van der Waals surface area contributed by atoms with Gasteiger partial charge in [0, 0.05) is 13.1 Å². The Balaban J connectivity index is 1.70. The van der Waals surface area contributed by atoms with Gasteiger partial charge in [-0.2, -0.15) is 0 Å². The second-order valence-corrected chi connectivity index (χ2v) is 5.23. The maximum absolute atomic E-state index is 12.7. The van der Waals surface area contributed by atoms with E-state index in [9.17, 15) is 14.0 Å². The Labute approximate surface area is 129 Å². The summed E-state index contributed by atoms with van der Waals surface area (Å²) in [6.45, 7) is 1.38. The predicted octanol–water partition coefficient (Wildman–Crippen LogP) is 2.01. The molecule has 2 rings (SSSR count). The van der Waals surface area contributed by atoms with Crippen LogP contribution >= 0.6 is 0 Å². The standard InChI is InChI=1S/C16H20FNO4/c1-21-16(20)12-6-9-18(10-7-12)15(19)8-11-22-14-4-2-13(17)3-5-14/h2-5,12H,6-11H2,1H3. The van der Waals surface area contributed by atoms with Crippen LogP contribution in [0, 0.1) is 11.7 Å². The van der Waals surface area contributed by atoms with Crippen LogP contribution in [0.5, 0.6) is 5.75 Å². The number of carbonyl (C=O) groups excluding carboxylic acids is 2. The molecule has 1 aliphatic heterocycles. The molecule has 0 spiro atoms. The molecule has 1 aromatic carbocycles. The summed E-state index contributed by atoms with van der Waals surface area (Å²) in [5, 5.41) is 0. The highest BCUT2D eigenvalue weighted by atomic mass is 19.1. The Morgan fingerprint density at radius 1 is 1.23 bits per heavy atom. The van der Waals surface area contributed by atoms with Crippen molar-refractivity contribution in [2.45, 2.75) is 19.3 Å². The molecule has 0 saturated carbocycles. The Hall–Kier alpha value is -2.11. The monoisotopic (exact) mass is 309 g/mol. The van der Waals surface area contributed by atoms with Crippen molar-refractivity contribution in [2.75, 3.05) is 26.8 Å². The third-order valence-corrected chi connectivity index (χ3v) is 3.78. The van der Waals surface area contributed by atoms with E-state index in [4.69, 9.17) is 9.47 Å². The normalized spacial score (nSPS) is 15.5. The zero-order valence-corrected chi connectivity index (χ0v) is 12.6. The summed E-state index contributed by atoms with van der Waals surface area (Å²) in [6, 6.07) is 5.69. The van der Waals surface area contributed by atoms with Gasteiger partial charge in [-0.1, -0.05) is 0 Å². The Bertz CT molecular complexity index is 509. The van der Waals surface area contributed by atoms with Crippen molar-refractivity contribution >= 4 is 11.9 Å². The van der Waals surface area contributed by atoms with Gasteiger partial charge in [-0.15, -0.1) is 0 Å². The molecule has 1 amide bonds. The highest BCUT2D eigenvalue weighted by Gasteiger charge is 2.27. The molecule has 120 valence electrons. The molecule has 1 saturated heterocycles. The Morgan fingerprint density at radius 2 is 1.86 bits per heavy atom. The highest BCUT2D eigenvalue weighted by molar-refractivity contribution is 5.77. The number of amides is 1. The van der Waals surface area contributed by atoms with Gasteiger partial charge < -0.3 is 14.4 Å². The van der Waals surface area contributed by atoms with E-state index in [1.807, 2.05) is 0 Å². The number of hydrogen-bond donors (Lipinski definition) is 0. The number of piperidine rings is 1. The van der Waals surface area contributed by atoms with Crippen LogP contribution in [0.1, 0.15) is 19.3 Å². The average Bonchev–Trinajstić information content (AvgIpc) is 2.56. The average molecular weight is 309 g/mol. The zero-order chi connectivity index (χ0) is 15.9. The Morgan fingerprint density at radius 3 is 2.45 bits per heavy atom. The van der Waals surface area contributed by atoms with E-state index >= 15 is 0 Å². The number of nitrogens with zero attached hydrogens (tertiary/aromatic N) is 1. The minimum Gasteiger partial charge on any atom is -0.493 e. The molecular weight excluding hydrogens is 289 g/mol. The summed E-state index contributed by atoms with van der Waals surface area (Å²) in [4.78, 5) is 25.2. The maximum Gasteiger partial charge on any atom is 0.308 e. The molecule has 6 heteroatoms. The number of halogens is 1. The van der Waals surface area contributed by atoms with Gasteiger partial charge in [-0.05, 0) is 37.1 Å². The SMILES string of the molecule is COC(=O)C1CCN(C(=O)CCOc2ccc(F)cc2)CC1. The second kappa shape index (κ2) is 7.77. The fourth-order valence-corrected chi connectivity index (χ4v) is 2.48. The van der Waals surface area contributed by atoms with E-state index in [-0.39, 0.29) is 36.6 Å². The second-order valence-electron chi connectivity index (χ2n) is 5.23. The summed E-state index contributed by atoms with van der Waals surface area (Å²) in [7, 11) is 1.38. The first-order chi connectivity index (χ1) is 10.6. The minimum atomic E-state index is -0.322. The van der Waals surface area contributed by atoms with Gasteiger partial charge in [-0.25, -0.2) is 4.39 Å². The van der Waals surface area contributed by atoms with Crippen LogP contribution < -0.4 is 4.74 Å². The quantitative estimate of drug-likeness (QED) is 0.781. The molecule has 22 heavy (non-hydrogen) atoms. The summed E-state index contributed by atoms with van der Waals surface area (Å²) in [6.07, 6.45) is 1.54. The number of methoxy groups -OCH3 is 1. The third-order valence-electron chi connectivity index (χ3n) is 3.78. The lowest BCUT2D eigenvalue weighted by Crippen LogP contribution is -2.40. The van der Waals surface area contributed by atoms with E-state index in [0.717, 1.165) is 0 Å². The number of carbonyl (C=O) groups is 2. The van der Waals surface area contributed by atoms with Crippen LogP contribution in [0.2, 0.25) is 0 Å².